The molecule has 0 aliphatic rings. The Balaban J connectivity index is 1.50. The summed E-state index contributed by atoms with van der Waals surface area (Å²) in [7, 11) is 3.44. The second-order valence-corrected chi connectivity index (χ2v) is 7.66. The van der Waals surface area contributed by atoms with Crippen molar-refractivity contribution in [3.05, 3.63) is 63.3 Å². The molecule has 4 rings (SSSR count). The lowest BCUT2D eigenvalue weighted by molar-refractivity contribution is -0.116. The maximum atomic E-state index is 12.5. The third-order valence-corrected chi connectivity index (χ3v) is 5.50. The van der Waals surface area contributed by atoms with Gasteiger partial charge in [-0.3, -0.25) is 23.6 Å². The van der Waals surface area contributed by atoms with E-state index in [9.17, 15) is 9.59 Å². The maximum Gasteiger partial charge on any atom is 0.328 e. The van der Waals surface area contributed by atoms with Gasteiger partial charge in [-0.1, -0.05) is 29.8 Å². The van der Waals surface area contributed by atoms with Gasteiger partial charge in [0.15, 0.2) is 10.6 Å². The van der Waals surface area contributed by atoms with Crippen LogP contribution >= 0.6 is 12.2 Å². The molecular weight excluding hydrogens is 400 g/mol. The van der Waals surface area contributed by atoms with E-state index in [0.29, 0.717) is 22.8 Å². The molecule has 8 nitrogen and oxygen atoms in total. The summed E-state index contributed by atoms with van der Waals surface area (Å²) >= 11 is 5.34. The molecule has 2 aromatic heterocycles. The fraction of sp³-hybridized carbons (Fsp3) is 0.238. The van der Waals surface area contributed by atoms with Crippen LogP contribution in [-0.2, 0) is 25.4 Å². The van der Waals surface area contributed by atoms with Gasteiger partial charge in [-0.25, -0.2) is 4.79 Å². The van der Waals surface area contributed by atoms with Gasteiger partial charge in [0.2, 0.25) is 5.91 Å². The molecule has 30 heavy (non-hydrogen) atoms. The highest BCUT2D eigenvalue weighted by Crippen LogP contribution is 2.20. The summed E-state index contributed by atoms with van der Waals surface area (Å²) < 4.78 is 5.43. The molecule has 4 aromatic rings. The van der Waals surface area contributed by atoms with Crippen LogP contribution in [0.25, 0.3) is 22.4 Å². The highest BCUT2D eigenvalue weighted by molar-refractivity contribution is 7.71. The molecule has 0 spiro atoms. The number of carbonyl (C=O) groups is 1. The van der Waals surface area contributed by atoms with Crippen LogP contribution < -0.4 is 11.0 Å². The number of hydrogen-bond donors (Lipinski definition) is 2. The summed E-state index contributed by atoms with van der Waals surface area (Å²) in [6.07, 6.45) is 0.235. The second kappa shape index (κ2) is 7.75. The van der Waals surface area contributed by atoms with Gasteiger partial charge in [-0.15, -0.1) is 0 Å². The summed E-state index contributed by atoms with van der Waals surface area (Å²) in [5.41, 5.74) is 4.21. The third kappa shape index (κ3) is 3.59. The monoisotopic (exact) mass is 422 g/mol. The Labute approximate surface area is 177 Å². The van der Waals surface area contributed by atoms with Gasteiger partial charge in [0, 0.05) is 38.3 Å². The van der Waals surface area contributed by atoms with E-state index in [0.717, 1.165) is 22.2 Å². The molecule has 0 saturated heterocycles. The highest BCUT2D eigenvalue weighted by atomic mass is 32.1. The number of rotatable bonds is 5. The number of aromatic amines is 1. The first-order valence-corrected chi connectivity index (χ1v) is 9.93. The van der Waals surface area contributed by atoms with Gasteiger partial charge in [0.1, 0.15) is 0 Å². The van der Waals surface area contributed by atoms with Crippen LogP contribution in [0.2, 0.25) is 0 Å². The molecule has 0 unspecified atom stereocenters. The zero-order valence-corrected chi connectivity index (χ0v) is 17.8. The fourth-order valence-corrected chi connectivity index (χ4v) is 3.69. The van der Waals surface area contributed by atoms with E-state index in [1.807, 2.05) is 41.8 Å². The smallest absolute Gasteiger partial charge is 0.326 e. The third-order valence-electron chi connectivity index (χ3n) is 5.19. The Hall–Kier alpha value is -3.46. The van der Waals surface area contributed by atoms with E-state index in [2.05, 4.69) is 15.5 Å². The molecule has 0 atom stereocenters. The number of H-pyrrole nitrogens is 1. The molecule has 154 valence electrons. The number of nitrogens with one attached hydrogen (secondary N) is 2. The highest BCUT2D eigenvalue weighted by Gasteiger charge is 2.12. The van der Waals surface area contributed by atoms with E-state index in [1.165, 1.54) is 0 Å². The Bertz CT molecular complexity index is 1360. The Morgan fingerprint density at radius 3 is 2.53 bits per heavy atom. The summed E-state index contributed by atoms with van der Waals surface area (Å²) in [4.78, 5) is 24.6. The van der Waals surface area contributed by atoms with Crippen LogP contribution in [0, 0.1) is 11.7 Å². The number of imidazole rings is 1. The van der Waals surface area contributed by atoms with E-state index in [4.69, 9.17) is 12.2 Å². The van der Waals surface area contributed by atoms with Crippen molar-refractivity contribution in [1.29, 1.82) is 0 Å². The molecule has 0 radical (unpaired) electrons. The topological polar surface area (TPSA) is 89.6 Å². The number of aryl methyl sites for hydroxylation is 3. The summed E-state index contributed by atoms with van der Waals surface area (Å²) in [6, 6.07) is 13.4. The maximum absolute atomic E-state index is 12.5. The number of anilines is 1. The molecule has 2 N–H and O–H groups in total. The minimum atomic E-state index is -0.145. The normalized spacial score (nSPS) is 11.2. The minimum absolute atomic E-state index is 0.105. The predicted molar refractivity (Wildman–Crippen MR) is 119 cm³/mol. The zero-order valence-electron chi connectivity index (χ0n) is 17.0. The van der Waals surface area contributed by atoms with Crippen molar-refractivity contribution in [2.45, 2.75) is 19.9 Å². The average Bonchev–Trinajstić information content (AvgIpc) is 3.20. The van der Waals surface area contributed by atoms with Gasteiger partial charge in [-0.05, 0) is 37.3 Å². The van der Waals surface area contributed by atoms with Crippen molar-refractivity contribution in [3.63, 3.8) is 0 Å². The van der Waals surface area contributed by atoms with Crippen molar-refractivity contribution >= 4 is 34.8 Å². The lowest BCUT2D eigenvalue weighted by atomic mass is 10.1. The summed E-state index contributed by atoms with van der Waals surface area (Å²) in [5.74, 6) is 0.557. The predicted octanol–water partition coefficient (Wildman–Crippen LogP) is 3.14. The molecule has 0 saturated carbocycles. The van der Waals surface area contributed by atoms with Crippen molar-refractivity contribution in [3.8, 4) is 11.4 Å². The van der Waals surface area contributed by atoms with E-state index in [-0.39, 0.29) is 18.0 Å². The van der Waals surface area contributed by atoms with Crippen molar-refractivity contribution < 1.29 is 4.79 Å². The van der Waals surface area contributed by atoms with Gasteiger partial charge < -0.3 is 5.32 Å². The van der Waals surface area contributed by atoms with Crippen LogP contribution in [0.4, 0.5) is 5.69 Å². The Morgan fingerprint density at radius 2 is 1.80 bits per heavy atom. The first-order chi connectivity index (χ1) is 14.3. The van der Waals surface area contributed by atoms with Crippen LogP contribution in [0.5, 0.6) is 0 Å². The first-order valence-electron chi connectivity index (χ1n) is 9.52. The number of nitrogens with zero attached hydrogens (tertiary/aromatic N) is 4. The lowest BCUT2D eigenvalue weighted by Crippen LogP contribution is -2.19. The molecule has 9 heteroatoms. The lowest BCUT2D eigenvalue weighted by Gasteiger charge is -2.09. The molecule has 0 aliphatic heterocycles. The van der Waals surface area contributed by atoms with E-state index >= 15 is 0 Å². The van der Waals surface area contributed by atoms with Gasteiger partial charge in [0.25, 0.3) is 0 Å². The average molecular weight is 423 g/mol. The van der Waals surface area contributed by atoms with Crippen molar-refractivity contribution in [2.75, 3.05) is 5.32 Å². The number of carbonyl (C=O) groups excluding carboxylic acids is 1. The molecule has 2 aromatic carbocycles. The first kappa shape index (κ1) is 19.8. The largest absolute Gasteiger partial charge is 0.328 e. The Morgan fingerprint density at radius 1 is 1.10 bits per heavy atom. The van der Waals surface area contributed by atoms with E-state index < -0.39 is 0 Å². The SMILES string of the molecule is Cc1ccc(-c2n[nH]c(=S)n2CCC(=O)Nc2ccc3c(c2)n(C)c(=O)n3C)cc1. The number of aromatic nitrogens is 5. The number of hydrogen-bond acceptors (Lipinski definition) is 4. The molecule has 0 aliphatic carbocycles. The van der Waals surface area contributed by atoms with Crippen molar-refractivity contribution in [2.24, 2.45) is 14.1 Å². The second-order valence-electron chi connectivity index (χ2n) is 7.27. The summed E-state index contributed by atoms with van der Waals surface area (Å²) in [6.45, 7) is 2.42. The van der Waals surface area contributed by atoms with E-state index in [1.54, 1.807) is 35.4 Å². The molecule has 0 bridgehead atoms. The number of benzene rings is 2. The number of amides is 1. The quantitative estimate of drug-likeness (QED) is 0.484. The van der Waals surface area contributed by atoms with Crippen LogP contribution in [0.1, 0.15) is 12.0 Å². The molecule has 1 amide bonds. The molecule has 2 heterocycles. The fourth-order valence-electron chi connectivity index (χ4n) is 3.47. The van der Waals surface area contributed by atoms with Crippen LogP contribution in [0.15, 0.2) is 47.3 Å². The van der Waals surface area contributed by atoms with Crippen LogP contribution in [0.3, 0.4) is 0 Å². The zero-order chi connectivity index (χ0) is 21.4. The molecular formula is C21H22N6O2S. The Kier molecular flexibility index (Phi) is 5.13. The minimum Gasteiger partial charge on any atom is -0.326 e. The van der Waals surface area contributed by atoms with Crippen LogP contribution in [-0.4, -0.2) is 29.8 Å². The standard InChI is InChI=1S/C21H22N6O2S/c1-13-4-6-14(7-5-13)19-23-24-20(30)27(19)11-10-18(28)22-15-8-9-16-17(12-15)26(3)21(29)25(16)2/h4-9,12H,10-11H2,1-3H3,(H,22,28)(H,24,30). The van der Waals surface area contributed by atoms with Gasteiger partial charge in [0.05, 0.1) is 11.0 Å². The summed E-state index contributed by atoms with van der Waals surface area (Å²) in [5, 5.41) is 10.0. The van der Waals surface area contributed by atoms with Crippen molar-refractivity contribution in [1.82, 2.24) is 23.9 Å². The molecule has 0 fully saturated rings. The van der Waals surface area contributed by atoms with Gasteiger partial charge in [-0.2, -0.15) is 5.10 Å². The number of fused-ring (bicyclic) bond motifs is 1. The van der Waals surface area contributed by atoms with Gasteiger partial charge >= 0.3 is 5.69 Å².